The average molecular weight is 295 g/mol. The predicted octanol–water partition coefficient (Wildman–Crippen LogP) is 2.61. The Labute approximate surface area is 120 Å². The number of nitrogens with zero attached hydrogens (tertiary/aromatic N) is 4. The molecule has 2 aromatic rings. The maximum Gasteiger partial charge on any atom is 0.205 e. The van der Waals surface area contributed by atoms with Gasteiger partial charge in [-0.05, 0) is 32.9 Å². The molecule has 3 heterocycles. The normalized spacial score (nSPS) is 16.1. The van der Waals surface area contributed by atoms with Gasteiger partial charge >= 0.3 is 0 Å². The summed E-state index contributed by atoms with van der Waals surface area (Å²) < 4.78 is 0. The first-order valence-corrected chi connectivity index (χ1v) is 8.10. The third-order valence-corrected chi connectivity index (χ3v) is 5.47. The highest BCUT2D eigenvalue weighted by Gasteiger charge is 2.17. The molecule has 19 heavy (non-hydrogen) atoms. The average Bonchev–Trinajstić information content (AvgIpc) is 3.10. The maximum absolute atomic E-state index is 4.68. The molecule has 0 amide bonds. The van der Waals surface area contributed by atoms with Gasteiger partial charge in [0.15, 0.2) is 5.01 Å². The fourth-order valence-corrected chi connectivity index (χ4v) is 4.19. The van der Waals surface area contributed by atoms with Crippen molar-refractivity contribution in [1.29, 1.82) is 0 Å². The number of aryl methyl sites for hydroxylation is 1. The van der Waals surface area contributed by atoms with Gasteiger partial charge in [0.2, 0.25) is 5.13 Å². The van der Waals surface area contributed by atoms with E-state index in [2.05, 4.69) is 32.3 Å². The third kappa shape index (κ3) is 2.77. The third-order valence-electron chi connectivity index (χ3n) is 3.23. The molecule has 0 aliphatic carbocycles. The van der Waals surface area contributed by atoms with Crippen molar-refractivity contribution >= 4 is 27.8 Å². The Morgan fingerprint density at radius 1 is 1.21 bits per heavy atom. The van der Waals surface area contributed by atoms with E-state index in [1.165, 1.54) is 30.9 Å². The number of hydrogen-bond donors (Lipinski definition) is 1. The van der Waals surface area contributed by atoms with Crippen LogP contribution in [0.25, 0.3) is 9.88 Å². The molecule has 1 saturated heterocycles. The molecule has 0 atom stereocenters. The number of anilines is 1. The Hall–Kier alpha value is -1.05. The van der Waals surface area contributed by atoms with E-state index in [0.29, 0.717) is 0 Å². The SMILES string of the molecule is CNc1nnc(-c2sc(CN3CCCC3)nc2C)s1. The molecular formula is C12H17N5S2. The van der Waals surface area contributed by atoms with Gasteiger partial charge in [0, 0.05) is 7.05 Å². The van der Waals surface area contributed by atoms with E-state index in [9.17, 15) is 0 Å². The summed E-state index contributed by atoms with van der Waals surface area (Å²) in [6.45, 7) is 5.44. The van der Waals surface area contributed by atoms with Crippen molar-refractivity contribution < 1.29 is 0 Å². The van der Waals surface area contributed by atoms with Gasteiger partial charge in [-0.25, -0.2) is 4.98 Å². The van der Waals surface area contributed by atoms with Gasteiger partial charge in [-0.2, -0.15) is 0 Å². The first-order valence-electron chi connectivity index (χ1n) is 6.46. The van der Waals surface area contributed by atoms with Gasteiger partial charge in [0.25, 0.3) is 0 Å². The standard InChI is InChI=1S/C12H17N5S2/c1-8-10(11-15-16-12(13-2)19-11)18-9(14-8)7-17-5-3-4-6-17/h3-7H2,1-2H3,(H,13,16). The zero-order chi connectivity index (χ0) is 13.2. The molecule has 1 aliphatic rings. The number of nitrogens with one attached hydrogen (secondary N) is 1. The smallest absolute Gasteiger partial charge is 0.205 e. The Kier molecular flexibility index (Phi) is 3.76. The number of aromatic nitrogens is 3. The second-order valence-corrected chi connectivity index (χ2v) is 6.73. The van der Waals surface area contributed by atoms with Crippen LogP contribution in [0.2, 0.25) is 0 Å². The van der Waals surface area contributed by atoms with Gasteiger partial charge in [-0.15, -0.1) is 21.5 Å². The molecule has 0 spiro atoms. The first-order chi connectivity index (χ1) is 9.26. The summed E-state index contributed by atoms with van der Waals surface area (Å²) in [7, 11) is 1.86. The second-order valence-electron chi connectivity index (χ2n) is 4.67. The van der Waals surface area contributed by atoms with Crippen LogP contribution in [-0.2, 0) is 6.54 Å². The molecule has 7 heteroatoms. The van der Waals surface area contributed by atoms with Crippen LogP contribution in [-0.4, -0.2) is 40.2 Å². The van der Waals surface area contributed by atoms with Crippen LogP contribution in [0.15, 0.2) is 0 Å². The van der Waals surface area contributed by atoms with E-state index in [-0.39, 0.29) is 0 Å². The number of rotatable bonds is 4. The van der Waals surface area contributed by atoms with Crippen molar-refractivity contribution in [2.75, 3.05) is 25.5 Å². The lowest BCUT2D eigenvalue weighted by molar-refractivity contribution is 0.330. The Bertz CT molecular complexity index is 556. The molecule has 1 fully saturated rings. The van der Waals surface area contributed by atoms with Crippen molar-refractivity contribution in [2.24, 2.45) is 0 Å². The van der Waals surface area contributed by atoms with E-state index in [0.717, 1.165) is 27.3 Å². The summed E-state index contributed by atoms with van der Waals surface area (Å²) >= 11 is 3.33. The van der Waals surface area contributed by atoms with Gasteiger partial charge in [-0.1, -0.05) is 11.3 Å². The Balaban J connectivity index is 1.80. The van der Waals surface area contributed by atoms with Crippen LogP contribution >= 0.6 is 22.7 Å². The minimum absolute atomic E-state index is 0.851. The largest absolute Gasteiger partial charge is 0.363 e. The van der Waals surface area contributed by atoms with E-state index in [1.807, 2.05) is 7.05 Å². The van der Waals surface area contributed by atoms with Crippen molar-refractivity contribution in [2.45, 2.75) is 26.3 Å². The molecule has 0 aromatic carbocycles. The van der Waals surface area contributed by atoms with Crippen LogP contribution in [0.5, 0.6) is 0 Å². The molecule has 3 rings (SSSR count). The van der Waals surface area contributed by atoms with E-state index >= 15 is 0 Å². The lowest BCUT2D eigenvalue weighted by atomic mass is 10.4. The van der Waals surface area contributed by atoms with Crippen LogP contribution in [0.4, 0.5) is 5.13 Å². The molecule has 0 bridgehead atoms. The van der Waals surface area contributed by atoms with E-state index in [1.54, 1.807) is 22.7 Å². The number of hydrogen-bond acceptors (Lipinski definition) is 7. The van der Waals surface area contributed by atoms with Crippen molar-refractivity contribution in [3.8, 4) is 9.88 Å². The number of likely N-dealkylation sites (tertiary alicyclic amines) is 1. The highest BCUT2D eigenvalue weighted by atomic mass is 32.1. The second kappa shape index (κ2) is 5.52. The monoisotopic (exact) mass is 295 g/mol. The lowest BCUT2D eigenvalue weighted by Gasteiger charge is -2.11. The fourth-order valence-electron chi connectivity index (χ4n) is 2.27. The molecule has 102 valence electrons. The maximum atomic E-state index is 4.68. The summed E-state index contributed by atoms with van der Waals surface area (Å²) in [5.74, 6) is 0. The highest BCUT2D eigenvalue weighted by Crippen LogP contribution is 2.34. The fraction of sp³-hybridized carbons (Fsp3) is 0.583. The summed E-state index contributed by atoms with van der Waals surface area (Å²) in [6, 6.07) is 0. The van der Waals surface area contributed by atoms with E-state index in [4.69, 9.17) is 0 Å². The molecular weight excluding hydrogens is 278 g/mol. The van der Waals surface area contributed by atoms with Crippen molar-refractivity contribution in [3.05, 3.63) is 10.7 Å². The van der Waals surface area contributed by atoms with Crippen molar-refractivity contribution in [3.63, 3.8) is 0 Å². The van der Waals surface area contributed by atoms with Crippen LogP contribution < -0.4 is 5.32 Å². The Morgan fingerprint density at radius 2 is 2.00 bits per heavy atom. The van der Waals surface area contributed by atoms with Gasteiger partial charge < -0.3 is 5.32 Å². The van der Waals surface area contributed by atoms with Crippen molar-refractivity contribution in [1.82, 2.24) is 20.1 Å². The topological polar surface area (TPSA) is 53.9 Å². The predicted molar refractivity (Wildman–Crippen MR) is 79.8 cm³/mol. The zero-order valence-electron chi connectivity index (χ0n) is 11.1. The molecule has 0 radical (unpaired) electrons. The summed E-state index contributed by atoms with van der Waals surface area (Å²) in [6.07, 6.45) is 2.64. The lowest BCUT2D eigenvalue weighted by Crippen LogP contribution is -2.18. The molecule has 0 unspecified atom stereocenters. The van der Waals surface area contributed by atoms with Gasteiger partial charge in [0.1, 0.15) is 5.01 Å². The van der Waals surface area contributed by atoms with Crippen LogP contribution in [0, 0.1) is 6.92 Å². The quantitative estimate of drug-likeness (QED) is 0.939. The van der Waals surface area contributed by atoms with Crippen LogP contribution in [0.1, 0.15) is 23.5 Å². The molecule has 2 aromatic heterocycles. The minimum Gasteiger partial charge on any atom is -0.363 e. The summed E-state index contributed by atoms with van der Waals surface area (Å²) in [4.78, 5) is 8.31. The van der Waals surface area contributed by atoms with Gasteiger partial charge in [-0.3, -0.25) is 4.90 Å². The Morgan fingerprint density at radius 3 is 2.68 bits per heavy atom. The van der Waals surface area contributed by atoms with Gasteiger partial charge in [0.05, 0.1) is 17.1 Å². The van der Waals surface area contributed by atoms with E-state index < -0.39 is 0 Å². The summed E-state index contributed by atoms with van der Waals surface area (Å²) in [5, 5.41) is 14.3. The summed E-state index contributed by atoms with van der Waals surface area (Å²) in [5.41, 5.74) is 1.07. The molecule has 1 N–H and O–H groups in total. The highest BCUT2D eigenvalue weighted by molar-refractivity contribution is 7.23. The molecule has 0 saturated carbocycles. The molecule has 5 nitrogen and oxygen atoms in total. The minimum atomic E-state index is 0.851. The van der Waals surface area contributed by atoms with Crippen LogP contribution in [0.3, 0.4) is 0 Å². The molecule has 1 aliphatic heterocycles. The first kappa shape index (κ1) is 13.0. The zero-order valence-corrected chi connectivity index (χ0v) is 12.8. The number of thiazole rings is 1.